The maximum atomic E-state index is 12.6. The Labute approximate surface area is 244 Å². The van der Waals surface area contributed by atoms with E-state index in [4.69, 9.17) is 5.73 Å². The molecule has 2 amide bonds. The SMILES string of the molecule is CCCCN(CCCC)CCCC.CO/N=C(\C(=O)NC1C(=O)N2C(C(=O)O)=C(CO)CS[C@H]12)c1csc(N)n1. The Morgan fingerprint density at radius 2 is 1.80 bits per heavy atom. The first kappa shape index (κ1) is 33.5. The van der Waals surface area contributed by atoms with E-state index in [0.717, 1.165) is 16.2 Å². The number of carbonyl (C=O) groups excluding carboxylic acids is 2. The van der Waals surface area contributed by atoms with Gasteiger partial charge in [0.2, 0.25) is 0 Å². The second-order valence-electron chi connectivity index (χ2n) is 9.37. The second-order valence-corrected chi connectivity index (χ2v) is 11.4. The highest BCUT2D eigenvalue weighted by Gasteiger charge is 2.54. The highest BCUT2D eigenvalue weighted by Crippen LogP contribution is 2.40. The number of nitrogens with one attached hydrogen (secondary N) is 1. The molecule has 1 unspecified atom stereocenters. The third-order valence-electron chi connectivity index (χ3n) is 6.37. The predicted molar refractivity (Wildman–Crippen MR) is 158 cm³/mol. The molecule has 1 aromatic heterocycles. The van der Waals surface area contributed by atoms with Gasteiger partial charge in [0, 0.05) is 11.1 Å². The van der Waals surface area contributed by atoms with E-state index >= 15 is 0 Å². The Balaban J connectivity index is 0.000000366. The van der Waals surface area contributed by atoms with Crippen molar-refractivity contribution in [2.24, 2.45) is 5.16 Å². The first-order valence-corrected chi connectivity index (χ1v) is 15.5. The molecule has 224 valence electrons. The van der Waals surface area contributed by atoms with Crippen LogP contribution in [0.1, 0.15) is 65.0 Å². The van der Waals surface area contributed by atoms with Crippen LogP contribution in [0.25, 0.3) is 0 Å². The van der Waals surface area contributed by atoms with E-state index in [-0.39, 0.29) is 33.6 Å². The maximum absolute atomic E-state index is 12.6. The molecule has 12 nitrogen and oxygen atoms in total. The van der Waals surface area contributed by atoms with Crippen molar-refractivity contribution < 1.29 is 29.4 Å². The summed E-state index contributed by atoms with van der Waals surface area (Å²) in [7, 11) is 1.26. The van der Waals surface area contributed by atoms with Gasteiger partial charge >= 0.3 is 5.97 Å². The first-order chi connectivity index (χ1) is 19.2. The van der Waals surface area contributed by atoms with Crippen molar-refractivity contribution in [3.05, 3.63) is 22.3 Å². The molecular weight excluding hydrogens is 556 g/mol. The lowest BCUT2D eigenvalue weighted by molar-refractivity contribution is -0.150. The molecule has 5 N–H and O–H groups in total. The van der Waals surface area contributed by atoms with Crippen LogP contribution in [0.2, 0.25) is 0 Å². The van der Waals surface area contributed by atoms with Gasteiger partial charge in [0.05, 0.1) is 6.61 Å². The number of fused-ring (bicyclic) bond motifs is 1. The van der Waals surface area contributed by atoms with Gasteiger partial charge in [-0.05, 0) is 44.5 Å². The van der Waals surface area contributed by atoms with Crippen LogP contribution in [0.3, 0.4) is 0 Å². The maximum Gasteiger partial charge on any atom is 0.352 e. The highest BCUT2D eigenvalue weighted by atomic mass is 32.2. The number of β-lactam (4-membered cyclic amide) rings is 1. The summed E-state index contributed by atoms with van der Waals surface area (Å²) in [6.07, 6.45) is 8.09. The topological polar surface area (TPSA) is 171 Å². The molecular formula is C26H42N6O6S2. The highest BCUT2D eigenvalue weighted by molar-refractivity contribution is 8.00. The average Bonchev–Trinajstić information content (AvgIpc) is 3.38. The van der Waals surface area contributed by atoms with Crippen LogP contribution in [0.5, 0.6) is 0 Å². The van der Waals surface area contributed by atoms with Crippen molar-refractivity contribution in [3.63, 3.8) is 0 Å². The van der Waals surface area contributed by atoms with Gasteiger partial charge in [0.25, 0.3) is 11.8 Å². The Hall–Kier alpha value is -2.68. The number of thiazole rings is 1. The van der Waals surface area contributed by atoms with E-state index in [1.807, 2.05) is 0 Å². The van der Waals surface area contributed by atoms with Crippen LogP contribution < -0.4 is 11.1 Å². The van der Waals surface area contributed by atoms with Crippen LogP contribution in [0.15, 0.2) is 21.8 Å². The Morgan fingerprint density at radius 1 is 1.20 bits per heavy atom. The largest absolute Gasteiger partial charge is 0.477 e. The average molecular weight is 599 g/mol. The Kier molecular flexibility index (Phi) is 14.4. The van der Waals surface area contributed by atoms with Gasteiger partial charge in [-0.25, -0.2) is 9.78 Å². The number of aliphatic hydroxyl groups is 1. The number of oxime groups is 1. The minimum atomic E-state index is -1.30. The number of carboxylic acids is 1. The van der Waals surface area contributed by atoms with Crippen LogP contribution >= 0.6 is 23.1 Å². The molecule has 3 heterocycles. The number of unbranched alkanes of at least 4 members (excludes halogenated alkanes) is 3. The lowest BCUT2D eigenvalue weighted by Gasteiger charge is -2.49. The number of carboxylic acid groups (broad SMARTS) is 1. The lowest BCUT2D eigenvalue weighted by Crippen LogP contribution is -2.71. The summed E-state index contributed by atoms with van der Waals surface area (Å²) < 4.78 is 0. The molecule has 0 spiro atoms. The van der Waals surface area contributed by atoms with Crippen molar-refractivity contribution >= 4 is 51.7 Å². The van der Waals surface area contributed by atoms with Crippen LogP contribution in [0, 0.1) is 0 Å². The number of thioether (sulfide) groups is 1. The van der Waals surface area contributed by atoms with Gasteiger partial charge in [-0.15, -0.1) is 23.1 Å². The van der Waals surface area contributed by atoms with Crippen molar-refractivity contribution in [1.29, 1.82) is 0 Å². The minimum absolute atomic E-state index is 0.150. The van der Waals surface area contributed by atoms with E-state index in [2.05, 4.69) is 46.0 Å². The number of amides is 2. The zero-order valence-electron chi connectivity index (χ0n) is 23.7. The van der Waals surface area contributed by atoms with Crippen molar-refractivity contribution in [1.82, 2.24) is 20.1 Å². The summed E-state index contributed by atoms with van der Waals surface area (Å²) in [5.74, 6) is -2.35. The number of rotatable bonds is 15. The number of anilines is 1. The van der Waals surface area contributed by atoms with E-state index in [1.165, 1.54) is 82.4 Å². The molecule has 2 aliphatic heterocycles. The van der Waals surface area contributed by atoms with Crippen LogP contribution in [-0.4, -0.2) is 99.0 Å². The minimum Gasteiger partial charge on any atom is -0.477 e. The number of carbonyl (C=O) groups is 3. The van der Waals surface area contributed by atoms with Gasteiger partial charge in [-0.3, -0.25) is 14.5 Å². The Bertz CT molecular complexity index is 1040. The van der Waals surface area contributed by atoms with E-state index in [1.54, 1.807) is 0 Å². The van der Waals surface area contributed by atoms with Gasteiger partial charge in [0.1, 0.15) is 29.9 Å². The fourth-order valence-electron chi connectivity index (χ4n) is 4.19. The zero-order valence-corrected chi connectivity index (χ0v) is 25.4. The van der Waals surface area contributed by atoms with E-state index < -0.39 is 35.8 Å². The summed E-state index contributed by atoms with van der Waals surface area (Å²) in [6.45, 7) is 10.3. The number of nitrogens with two attached hydrogens (primary N) is 1. The predicted octanol–water partition coefficient (Wildman–Crippen LogP) is 2.50. The number of hydrogen-bond acceptors (Lipinski definition) is 11. The number of aromatic nitrogens is 1. The van der Waals surface area contributed by atoms with Crippen LogP contribution in [-0.2, 0) is 19.2 Å². The molecule has 1 fully saturated rings. The molecule has 1 aromatic rings. The zero-order chi connectivity index (χ0) is 29.7. The van der Waals surface area contributed by atoms with Gasteiger partial charge < -0.3 is 31.0 Å². The summed E-state index contributed by atoms with van der Waals surface area (Å²) in [6, 6.07) is -0.935. The number of hydrogen-bond donors (Lipinski definition) is 4. The van der Waals surface area contributed by atoms with Crippen molar-refractivity contribution in [2.75, 3.05) is 44.8 Å². The monoisotopic (exact) mass is 598 g/mol. The fraction of sp³-hybridized carbons (Fsp3) is 0.654. The molecule has 2 atom stereocenters. The van der Waals surface area contributed by atoms with E-state index in [9.17, 15) is 24.6 Å². The third kappa shape index (κ3) is 8.91. The van der Waals surface area contributed by atoms with Crippen molar-refractivity contribution in [2.45, 2.75) is 70.7 Å². The first-order valence-electron chi connectivity index (χ1n) is 13.6. The normalized spacial score (nSPS) is 18.6. The molecule has 3 rings (SSSR count). The summed E-state index contributed by atoms with van der Waals surface area (Å²) in [5.41, 5.74) is 5.62. The van der Waals surface area contributed by atoms with Crippen molar-refractivity contribution in [3.8, 4) is 0 Å². The smallest absolute Gasteiger partial charge is 0.352 e. The Morgan fingerprint density at radius 3 is 2.25 bits per heavy atom. The summed E-state index contributed by atoms with van der Waals surface area (Å²) in [5, 5.41) is 26.0. The fourth-order valence-corrected chi connectivity index (χ4v) is 6.07. The molecule has 40 heavy (non-hydrogen) atoms. The molecule has 0 aromatic carbocycles. The number of aliphatic carboxylic acids is 1. The molecule has 14 heteroatoms. The van der Waals surface area contributed by atoms with E-state index in [0.29, 0.717) is 0 Å². The quantitative estimate of drug-likeness (QED) is 0.134. The molecule has 2 aliphatic rings. The molecule has 0 radical (unpaired) electrons. The van der Waals surface area contributed by atoms with Crippen LogP contribution in [0.4, 0.5) is 5.13 Å². The third-order valence-corrected chi connectivity index (χ3v) is 8.39. The molecule has 0 aliphatic carbocycles. The van der Waals surface area contributed by atoms with Gasteiger partial charge in [-0.1, -0.05) is 45.2 Å². The standard InChI is InChI=1S/C14H15N5O6S2.C12H27N/c1-25-18-7(6-4-27-14(15)16-6)10(21)17-8-11(22)19-9(13(23)24)5(2-20)3-26-12(8)19;1-4-7-10-13(11-8-5-2)12-9-6-3/h4,8,12,20H,2-3H2,1H3,(H2,15,16)(H,17,21)(H,23,24);4-12H2,1-3H3/b18-7-;/t8?,12-;/m1./s1. The van der Waals surface area contributed by atoms with Gasteiger partial charge in [-0.2, -0.15) is 0 Å². The number of aliphatic hydroxyl groups excluding tert-OH is 1. The number of nitrogen functional groups attached to an aromatic ring is 1. The lowest BCUT2D eigenvalue weighted by atomic mass is 10.0. The molecule has 1 saturated heterocycles. The summed E-state index contributed by atoms with van der Waals surface area (Å²) in [4.78, 5) is 48.8. The number of nitrogens with zero attached hydrogens (tertiary/aromatic N) is 4. The molecule has 0 bridgehead atoms. The summed E-state index contributed by atoms with van der Waals surface area (Å²) >= 11 is 2.37. The second kappa shape index (κ2) is 17.2. The molecule has 0 saturated carbocycles. The van der Waals surface area contributed by atoms with Gasteiger partial charge in [0.15, 0.2) is 10.8 Å².